The van der Waals surface area contributed by atoms with Gasteiger partial charge in [-0.1, -0.05) is 0 Å². The van der Waals surface area contributed by atoms with Gasteiger partial charge in [-0.2, -0.15) is 0 Å². The van der Waals surface area contributed by atoms with Gasteiger partial charge in [0.15, 0.2) is 0 Å². The van der Waals surface area contributed by atoms with Crippen molar-refractivity contribution in [1.29, 1.82) is 0 Å². The summed E-state index contributed by atoms with van der Waals surface area (Å²) in [6, 6.07) is 3.15. The average molecular weight is 167 g/mol. The molecular formula is C8H9NO3. The molecule has 4 heteroatoms. The van der Waals surface area contributed by atoms with Crippen LogP contribution in [0.2, 0.25) is 0 Å². The van der Waals surface area contributed by atoms with Gasteiger partial charge in [-0.05, 0) is 12.1 Å². The lowest BCUT2D eigenvalue weighted by Crippen LogP contribution is -2.14. The molecule has 12 heavy (non-hydrogen) atoms. The van der Waals surface area contributed by atoms with Crippen LogP contribution in [0, 0.1) is 0 Å². The first-order valence-corrected chi connectivity index (χ1v) is 3.43. The highest BCUT2D eigenvalue weighted by Gasteiger charge is 2.12. The molecule has 0 atom stereocenters. The number of carbonyl (C=O) groups is 2. The van der Waals surface area contributed by atoms with Crippen LogP contribution in [-0.4, -0.2) is 23.6 Å². The Balaban J connectivity index is 3.07. The lowest BCUT2D eigenvalue weighted by Gasteiger charge is -2.01. The molecule has 0 fully saturated rings. The fourth-order valence-corrected chi connectivity index (χ4v) is 0.926. The van der Waals surface area contributed by atoms with Crippen LogP contribution < -0.4 is 0 Å². The minimum absolute atomic E-state index is 0.208. The summed E-state index contributed by atoms with van der Waals surface area (Å²) in [5.74, 6) is -0.712. The van der Waals surface area contributed by atoms with Crippen molar-refractivity contribution >= 4 is 11.9 Å². The highest BCUT2D eigenvalue weighted by molar-refractivity contribution is 5.92. The van der Waals surface area contributed by atoms with Gasteiger partial charge in [-0.3, -0.25) is 9.36 Å². The monoisotopic (exact) mass is 167 g/mol. The van der Waals surface area contributed by atoms with Crippen molar-refractivity contribution < 1.29 is 14.3 Å². The van der Waals surface area contributed by atoms with Crippen LogP contribution in [0.15, 0.2) is 18.3 Å². The smallest absolute Gasteiger partial charge is 0.355 e. The van der Waals surface area contributed by atoms with E-state index in [1.165, 1.54) is 30.9 Å². The van der Waals surface area contributed by atoms with E-state index >= 15 is 0 Å². The molecule has 0 spiro atoms. The van der Waals surface area contributed by atoms with Gasteiger partial charge in [-0.15, -0.1) is 0 Å². The molecule has 0 bridgehead atoms. The van der Waals surface area contributed by atoms with E-state index in [1.807, 2.05) is 0 Å². The Morgan fingerprint density at radius 1 is 1.50 bits per heavy atom. The van der Waals surface area contributed by atoms with E-state index in [2.05, 4.69) is 4.74 Å². The second kappa shape index (κ2) is 3.21. The largest absolute Gasteiger partial charge is 0.464 e. The van der Waals surface area contributed by atoms with Crippen LogP contribution in [-0.2, 0) is 4.74 Å². The van der Waals surface area contributed by atoms with Gasteiger partial charge in [0.1, 0.15) is 5.69 Å². The summed E-state index contributed by atoms with van der Waals surface area (Å²) >= 11 is 0. The molecule has 1 aromatic heterocycles. The van der Waals surface area contributed by atoms with E-state index < -0.39 is 5.97 Å². The Bertz CT molecular complexity index is 314. The zero-order valence-corrected chi connectivity index (χ0v) is 6.90. The average Bonchev–Trinajstić information content (AvgIpc) is 2.50. The predicted octanol–water partition coefficient (Wildman–Crippen LogP) is 0.935. The molecule has 0 saturated carbocycles. The predicted molar refractivity (Wildman–Crippen MR) is 42.1 cm³/mol. The van der Waals surface area contributed by atoms with Crippen LogP contribution in [0.1, 0.15) is 22.2 Å². The molecule has 0 unspecified atom stereocenters. The third-order valence-electron chi connectivity index (χ3n) is 1.48. The van der Waals surface area contributed by atoms with Gasteiger partial charge in [0, 0.05) is 13.1 Å². The molecule has 0 aliphatic rings. The van der Waals surface area contributed by atoms with Gasteiger partial charge in [0.25, 0.3) is 0 Å². The minimum Gasteiger partial charge on any atom is -0.464 e. The number of carbonyl (C=O) groups excluding carboxylic acids is 2. The van der Waals surface area contributed by atoms with Gasteiger partial charge >= 0.3 is 5.97 Å². The zero-order valence-electron chi connectivity index (χ0n) is 6.90. The summed E-state index contributed by atoms with van der Waals surface area (Å²) in [7, 11) is 1.28. The first-order chi connectivity index (χ1) is 5.66. The van der Waals surface area contributed by atoms with Crippen molar-refractivity contribution in [3.63, 3.8) is 0 Å². The molecule has 4 nitrogen and oxygen atoms in total. The normalized spacial score (nSPS) is 9.50. The number of nitrogens with zero attached hydrogens (tertiary/aromatic N) is 1. The Kier molecular flexibility index (Phi) is 2.28. The zero-order chi connectivity index (χ0) is 9.14. The Morgan fingerprint density at radius 2 is 2.17 bits per heavy atom. The summed E-state index contributed by atoms with van der Waals surface area (Å²) in [4.78, 5) is 21.9. The number of esters is 1. The lowest BCUT2D eigenvalue weighted by molar-refractivity contribution is 0.0582. The third kappa shape index (κ3) is 1.37. The number of hydrogen-bond acceptors (Lipinski definition) is 3. The third-order valence-corrected chi connectivity index (χ3v) is 1.48. The molecular weight excluding hydrogens is 158 g/mol. The van der Waals surface area contributed by atoms with Crippen LogP contribution in [0.25, 0.3) is 0 Å². The van der Waals surface area contributed by atoms with Crippen LogP contribution in [0.4, 0.5) is 0 Å². The Hall–Kier alpha value is -1.58. The van der Waals surface area contributed by atoms with Crippen molar-refractivity contribution in [1.82, 2.24) is 4.57 Å². The fraction of sp³-hybridized carbons (Fsp3) is 0.250. The van der Waals surface area contributed by atoms with Crippen LogP contribution in [0.3, 0.4) is 0 Å². The molecule has 0 radical (unpaired) electrons. The number of rotatable bonds is 1. The Morgan fingerprint density at radius 3 is 2.67 bits per heavy atom. The molecule has 0 aromatic carbocycles. The summed E-state index contributed by atoms with van der Waals surface area (Å²) in [5, 5.41) is 0. The number of hydrogen-bond donors (Lipinski definition) is 0. The fourth-order valence-electron chi connectivity index (χ4n) is 0.926. The molecule has 0 amide bonds. The minimum atomic E-state index is -0.504. The summed E-state index contributed by atoms with van der Waals surface area (Å²) in [5.41, 5.74) is 0.255. The molecule has 64 valence electrons. The maximum absolute atomic E-state index is 11.0. The number of aromatic nitrogens is 1. The molecule has 1 rings (SSSR count). The quantitative estimate of drug-likeness (QED) is 0.585. The summed E-state index contributed by atoms with van der Waals surface area (Å²) in [6.45, 7) is 1.38. The van der Waals surface area contributed by atoms with E-state index in [1.54, 1.807) is 6.07 Å². The lowest BCUT2D eigenvalue weighted by atomic mass is 10.4. The van der Waals surface area contributed by atoms with Crippen molar-refractivity contribution in [3.05, 3.63) is 24.0 Å². The maximum Gasteiger partial charge on any atom is 0.355 e. The van der Waals surface area contributed by atoms with Gasteiger partial charge < -0.3 is 4.74 Å². The van der Waals surface area contributed by atoms with Gasteiger partial charge in [-0.25, -0.2) is 4.79 Å². The second-order valence-electron chi connectivity index (χ2n) is 2.27. The summed E-state index contributed by atoms with van der Waals surface area (Å²) < 4.78 is 5.72. The van der Waals surface area contributed by atoms with Gasteiger partial charge in [0.05, 0.1) is 7.11 Å². The Labute approximate surface area is 69.7 Å². The standard InChI is InChI=1S/C8H9NO3/c1-6(10)9-5-3-4-7(9)8(11)12-2/h3-5H,1-2H3. The second-order valence-corrected chi connectivity index (χ2v) is 2.27. The topological polar surface area (TPSA) is 48.3 Å². The van der Waals surface area contributed by atoms with E-state index in [0.29, 0.717) is 0 Å². The summed E-state index contributed by atoms with van der Waals surface area (Å²) in [6.07, 6.45) is 1.52. The first-order valence-electron chi connectivity index (χ1n) is 3.43. The first kappa shape index (κ1) is 8.52. The molecule has 0 N–H and O–H groups in total. The maximum atomic E-state index is 11.0. The molecule has 0 aliphatic heterocycles. The van der Waals surface area contributed by atoms with E-state index in [0.717, 1.165) is 0 Å². The molecule has 1 heterocycles. The highest BCUT2D eigenvalue weighted by atomic mass is 16.5. The number of methoxy groups -OCH3 is 1. The SMILES string of the molecule is COC(=O)c1cccn1C(C)=O. The van der Waals surface area contributed by atoms with Crippen LogP contribution >= 0.6 is 0 Å². The van der Waals surface area contributed by atoms with Crippen molar-refractivity contribution in [2.75, 3.05) is 7.11 Å². The molecule has 1 aromatic rings. The molecule has 0 aliphatic carbocycles. The highest BCUT2D eigenvalue weighted by Crippen LogP contribution is 2.03. The van der Waals surface area contributed by atoms with E-state index in [4.69, 9.17) is 0 Å². The van der Waals surface area contributed by atoms with Crippen molar-refractivity contribution in [2.24, 2.45) is 0 Å². The van der Waals surface area contributed by atoms with Crippen molar-refractivity contribution in [2.45, 2.75) is 6.92 Å². The van der Waals surface area contributed by atoms with E-state index in [9.17, 15) is 9.59 Å². The van der Waals surface area contributed by atoms with E-state index in [-0.39, 0.29) is 11.6 Å². The molecule has 0 saturated heterocycles. The van der Waals surface area contributed by atoms with Crippen molar-refractivity contribution in [3.8, 4) is 0 Å². The van der Waals surface area contributed by atoms with Gasteiger partial charge in [0.2, 0.25) is 5.91 Å². The number of ether oxygens (including phenoxy) is 1. The van der Waals surface area contributed by atoms with Crippen LogP contribution in [0.5, 0.6) is 0 Å².